The predicted molar refractivity (Wildman–Crippen MR) is 76.0 cm³/mol. The molecule has 4 unspecified atom stereocenters. The maximum absolute atomic E-state index is 2.59. The van der Waals surface area contributed by atoms with Gasteiger partial charge in [-0.05, 0) is 46.8 Å². The predicted octanol–water partition coefficient (Wildman–Crippen LogP) is 5.52. The van der Waals surface area contributed by atoms with Gasteiger partial charge in [-0.25, -0.2) is 0 Å². The monoisotopic (exact) mass is 236 g/mol. The van der Waals surface area contributed by atoms with E-state index in [-0.39, 0.29) is 0 Å². The van der Waals surface area contributed by atoms with Crippen molar-refractivity contribution < 1.29 is 0 Å². The maximum atomic E-state index is 2.59. The minimum Gasteiger partial charge on any atom is -0.0649 e. The standard InChI is InChI=1S/C17H32/c1-8-15(5)10-17(7)11-16(6,9-2)13(4)14(17)12(15)3/h12-14H,8-11H2,1-7H3. The topological polar surface area (TPSA) is 0 Å². The summed E-state index contributed by atoms with van der Waals surface area (Å²) in [5.41, 5.74) is 1.82. The van der Waals surface area contributed by atoms with E-state index < -0.39 is 0 Å². The number of hydrogen-bond donors (Lipinski definition) is 0. The van der Waals surface area contributed by atoms with Gasteiger partial charge in [0.25, 0.3) is 0 Å². The number of hydrogen-bond acceptors (Lipinski definition) is 0. The first-order valence-corrected chi connectivity index (χ1v) is 7.72. The van der Waals surface area contributed by atoms with E-state index in [2.05, 4.69) is 48.5 Å². The van der Waals surface area contributed by atoms with Crippen LogP contribution in [0.25, 0.3) is 0 Å². The lowest BCUT2D eigenvalue weighted by Gasteiger charge is -2.37. The Morgan fingerprint density at radius 3 is 1.41 bits per heavy atom. The Morgan fingerprint density at radius 2 is 1.18 bits per heavy atom. The van der Waals surface area contributed by atoms with E-state index in [0.717, 1.165) is 17.8 Å². The molecule has 0 saturated heterocycles. The average molecular weight is 236 g/mol. The van der Waals surface area contributed by atoms with E-state index in [0.29, 0.717) is 16.2 Å². The van der Waals surface area contributed by atoms with Crippen molar-refractivity contribution in [2.45, 2.75) is 74.1 Å². The molecule has 0 amide bonds. The average Bonchev–Trinajstić information content (AvgIpc) is 2.57. The largest absolute Gasteiger partial charge is 0.0649 e. The van der Waals surface area contributed by atoms with Gasteiger partial charge in [-0.1, -0.05) is 61.3 Å². The molecule has 17 heavy (non-hydrogen) atoms. The van der Waals surface area contributed by atoms with E-state index in [1.165, 1.54) is 25.7 Å². The van der Waals surface area contributed by atoms with Gasteiger partial charge in [-0.15, -0.1) is 0 Å². The SMILES string of the molecule is CCC1(C)CC2(C)CC(C)(CC)C(C)C2C1C. The molecule has 0 heterocycles. The summed E-state index contributed by atoms with van der Waals surface area (Å²) in [5, 5.41) is 0. The summed E-state index contributed by atoms with van der Waals surface area (Å²) in [6, 6.07) is 0. The summed E-state index contributed by atoms with van der Waals surface area (Å²) in [6.07, 6.45) is 5.64. The number of rotatable bonds is 2. The van der Waals surface area contributed by atoms with Gasteiger partial charge in [-0.2, -0.15) is 0 Å². The molecule has 0 aromatic rings. The Balaban J connectivity index is 2.35. The van der Waals surface area contributed by atoms with Gasteiger partial charge in [0, 0.05) is 0 Å². The van der Waals surface area contributed by atoms with Crippen LogP contribution in [-0.4, -0.2) is 0 Å². The van der Waals surface area contributed by atoms with Crippen LogP contribution >= 0.6 is 0 Å². The molecule has 0 bridgehead atoms. The lowest BCUT2D eigenvalue weighted by atomic mass is 9.68. The molecule has 2 aliphatic carbocycles. The zero-order valence-corrected chi connectivity index (χ0v) is 13.1. The highest BCUT2D eigenvalue weighted by atomic mass is 14.7. The molecule has 100 valence electrons. The third kappa shape index (κ3) is 1.62. The second-order valence-electron chi connectivity index (χ2n) is 8.13. The molecule has 0 aromatic carbocycles. The Bertz CT molecular complexity index is 279. The normalized spacial score (nSPS) is 58.4. The van der Waals surface area contributed by atoms with Crippen molar-refractivity contribution in [1.82, 2.24) is 0 Å². The molecule has 0 nitrogen and oxygen atoms in total. The highest BCUT2D eigenvalue weighted by Gasteiger charge is 2.63. The Labute approximate surface area is 109 Å². The summed E-state index contributed by atoms with van der Waals surface area (Å²) < 4.78 is 0. The number of fused-ring (bicyclic) bond motifs is 1. The molecule has 0 N–H and O–H groups in total. The van der Waals surface area contributed by atoms with Crippen molar-refractivity contribution >= 4 is 0 Å². The van der Waals surface area contributed by atoms with E-state index in [9.17, 15) is 0 Å². The lowest BCUT2D eigenvalue weighted by molar-refractivity contribution is 0.119. The highest BCUT2D eigenvalue weighted by molar-refractivity contribution is 5.12. The molecule has 2 saturated carbocycles. The van der Waals surface area contributed by atoms with Gasteiger partial charge in [-0.3, -0.25) is 0 Å². The van der Waals surface area contributed by atoms with Crippen molar-refractivity contribution in [3.8, 4) is 0 Å². The van der Waals surface area contributed by atoms with Crippen LogP contribution in [0.15, 0.2) is 0 Å². The summed E-state index contributed by atoms with van der Waals surface area (Å²) in [5.74, 6) is 2.76. The van der Waals surface area contributed by atoms with Crippen LogP contribution in [0.5, 0.6) is 0 Å². The van der Waals surface area contributed by atoms with E-state index in [1.54, 1.807) is 0 Å². The van der Waals surface area contributed by atoms with Gasteiger partial charge in [0.05, 0.1) is 0 Å². The second-order valence-corrected chi connectivity index (χ2v) is 8.13. The smallest absolute Gasteiger partial charge is 0.0281 e. The quantitative estimate of drug-likeness (QED) is 0.592. The van der Waals surface area contributed by atoms with Crippen molar-refractivity contribution in [3.05, 3.63) is 0 Å². The zero-order chi connectivity index (χ0) is 13.1. The Morgan fingerprint density at radius 1 is 0.824 bits per heavy atom. The molecule has 0 aromatic heterocycles. The first-order chi connectivity index (χ1) is 7.72. The van der Waals surface area contributed by atoms with Gasteiger partial charge in [0.15, 0.2) is 0 Å². The lowest BCUT2D eigenvalue weighted by Crippen LogP contribution is -2.30. The van der Waals surface area contributed by atoms with E-state index in [4.69, 9.17) is 0 Å². The molecule has 2 fully saturated rings. The van der Waals surface area contributed by atoms with Crippen LogP contribution in [0.2, 0.25) is 0 Å². The summed E-state index contributed by atoms with van der Waals surface area (Å²) in [6.45, 7) is 17.5. The molecule has 2 aliphatic rings. The molecule has 0 radical (unpaired) electrons. The molecule has 4 atom stereocenters. The van der Waals surface area contributed by atoms with Gasteiger partial charge >= 0.3 is 0 Å². The van der Waals surface area contributed by atoms with Crippen LogP contribution in [0.3, 0.4) is 0 Å². The minimum absolute atomic E-state index is 0.600. The van der Waals surface area contributed by atoms with Crippen LogP contribution in [-0.2, 0) is 0 Å². The summed E-state index contributed by atoms with van der Waals surface area (Å²) in [4.78, 5) is 0. The molecular weight excluding hydrogens is 204 g/mol. The van der Waals surface area contributed by atoms with E-state index >= 15 is 0 Å². The first kappa shape index (κ1) is 13.4. The van der Waals surface area contributed by atoms with Crippen molar-refractivity contribution in [1.29, 1.82) is 0 Å². The highest BCUT2D eigenvalue weighted by Crippen LogP contribution is 2.71. The zero-order valence-electron chi connectivity index (χ0n) is 13.1. The third-order valence-electron chi connectivity index (χ3n) is 7.31. The first-order valence-electron chi connectivity index (χ1n) is 7.72. The van der Waals surface area contributed by atoms with Crippen LogP contribution in [0.4, 0.5) is 0 Å². The van der Waals surface area contributed by atoms with Crippen LogP contribution in [0, 0.1) is 34.0 Å². The van der Waals surface area contributed by atoms with Crippen LogP contribution in [0.1, 0.15) is 74.1 Å². The fourth-order valence-corrected chi connectivity index (χ4v) is 5.87. The molecule has 0 heteroatoms. The summed E-state index contributed by atoms with van der Waals surface area (Å²) >= 11 is 0. The molecule has 2 rings (SSSR count). The van der Waals surface area contributed by atoms with Gasteiger partial charge < -0.3 is 0 Å². The molecule has 0 aliphatic heterocycles. The van der Waals surface area contributed by atoms with E-state index in [1.807, 2.05) is 0 Å². The van der Waals surface area contributed by atoms with Crippen molar-refractivity contribution in [2.24, 2.45) is 34.0 Å². The Kier molecular flexibility index (Phi) is 2.96. The Hall–Kier alpha value is 0. The van der Waals surface area contributed by atoms with Gasteiger partial charge in [0.1, 0.15) is 0 Å². The second kappa shape index (κ2) is 3.75. The summed E-state index contributed by atoms with van der Waals surface area (Å²) in [7, 11) is 0. The fourth-order valence-electron chi connectivity index (χ4n) is 5.87. The van der Waals surface area contributed by atoms with Crippen molar-refractivity contribution in [2.75, 3.05) is 0 Å². The van der Waals surface area contributed by atoms with Crippen LogP contribution < -0.4 is 0 Å². The fraction of sp³-hybridized carbons (Fsp3) is 1.00. The third-order valence-corrected chi connectivity index (χ3v) is 7.31. The minimum atomic E-state index is 0.600. The maximum Gasteiger partial charge on any atom is -0.0281 e. The molecule has 0 spiro atoms. The van der Waals surface area contributed by atoms with Crippen molar-refractivity contribution in [3.63, 3.8) is 0 Å². The molecular formula is C17H32. The van der Waals surface area contributed by atoms with Gasteiger partial charge in [0.2, 0.25) is 0 Å².